The zero-order chi connectivity index (χ0) is 20.9. The Morgan fingerprint density at radius 3 is 2.60 bits per heavy atom. The zero-order valence-corrected chi connectivity index (χ0v) is 17.4. The molecule has 1 aromatic heterocycles. The number of nitrogens with one attached hydrogen (secondary N) is 1. The Morgan fingerprint density at radius 2 is 1.87 bits per heavy atom. The molecule has 0 aliphatic carbocycles. The van der Waals surface area contributed by atoms with Gasteiger partial charge in [0.15, 0.2) is 0 Å². The van der Waals surface area contributed by atoms with Gasteiger partial charge in [0.2, 0.25) is 0 Å². The van der Waals surface area contributed by atoms with Gasteiger partial charge in [-0.3, -0.25) is 4.90 Å². The lowest BCUT2D eigenvalue weighted by Crippen LogP contribution is -3.13. The van der Waals surface area contributed by atoms with Crippen LogP contribution in [0.1, 0.15) is 23.6 Å². The van der Waals surface area contributed by atoms with Crippen molar-refractivity contribution >= 4 is 17.0 Å². The summed E-state index contributed by atoms with van der Waals surface area (Å²) in [7, 11) is 0. The van der Waals surface area contributed by atoms with E-state index in [0.717, 1.165) is 55.8 Å². The predicted molar refractivity (Wildman–Crippen MR) is 118 cm³/mol. The third-order valence-corrected chi connectivity index (χ3v) is 5.87. The molecule has 4 rings (SSSR count). The molecule has 0 amide bonds. The molecule has 0 unspecified atom stereocenters. The molecule has 0 bridgehead atoms. The van der Waals surface area contributed by atoms with Gasteiger partial charge in [-0.05, 0) is 24.1 Å². The Balaban J connectivity index is 1.40. The van der Waals surface area contributed by atoms with E-state index in [0.29, 0.717) is 12.0 Å². The number of aryl methyl sites for hydroxylation is 1. The first-order chi connectivity index (χ1) is 14.6. The summed E-state index contributed by atoms with van der Waals surface area (Å²) in [4.78, 5) is 15.9. The molecule has 2 aromatic carbocycles. The maximum Gasteiger partial charge on any atom is 0.336 e. The van der Waals surface area contributed by atoms with Crippen LogP contribution in [-0.4, -0.2) is 37.6 Å². The first kappa shape index (κ1) is 20.4. The molecular formula is C25H28N2O3. The van der Waals surface area contributed by atoms with E-state index in [2.05, 4.69) is 41.3 Å². The standard InChI is InChI=1S/C25H28N2O3/c1-2-20-15-22-21(16-25(29)30-24(22)17-23(20)28)18-27-13-11-26(12-14-27)10-6-9-19-7-4-3-5-8-19/h3-9,15-17,28H,2,10-14,18H2,1H3. The maximum absolute atomic E-state index is 12.1. The Kier molecular flexibility index (Phi) is 6.31. The summed E-state index contributed by atoms with van der Waals surface area (Å²) in [5.74, 6) is -0.0604. The lowest BCUT2D eigenvalue weighted by atomic mass is 10.0. The zero-order valence-electron chi connectivity index (χ0n) is 17.4. The van der Waals surface area contributed by atoms with Crippen LogP contribution in [0.5, 0.6) is 5.75 Å². The molecule has 30 heavy (non-hydrogen) atoms. The van der Waals surface area contributed by atoms with Crippen molar-refractivity contribution in [2.75, 3.05) is 32.7 Å². The van der Waals surface area contributed by atoms with Crippen LogP contribution in [0, 0.1) is 0 Å². The maximum atomic E-state index is 12.1. The van der Waals surface area contributed by atoms with Crippen LogP contribution < -0.4 is 15.6 Å². The number of quaternary nitrogens is 1. The van der Waals surface area contributed by atoms with Crippen molar-refractivity contribution in [1.82, 2.24) is 4.90 Å². The molecule has 1 aliphatic rings. The highest BCUT2D eigenvalue weighted by molar-refractivity contribution is 5.82. The minimum atomic E-state index is -0.384. The lowest BCUT2D eigenvalue weighted by molar-refractivity contribution is -0.918. The molecule has 3 aromatic rings. The third kappa shape index (κ3) is 4.81. The van der Waals surface area contributed by atoms with Crippen molar-refractivity contribution < 1.29 is 14.4 Å². The smallest absolute Gasteiger partial charge is 0.336 e. The molecule has 0 spiro atoms. The molecule has 5 nitrogen and oxygen atoms in total. The molecule has 1 fully saturated rings. The van der Waals surface area contributed by atoms with E-state index in [4.69, 9.17) is 4.42 Å². The minimum Gasteiger partial charge on any atom is -0.872 e. The van der Waals surface area contributed by atoms with E-state index < -0.39 is 0 Å². The van der Waals surface area contributed by atoms with Gasteiger partial charge in [-0.25, -0.2) is 4.79 Å². The van der Waals surface area contributed by atoms with E-state index in [9.17, 15) is 9.90 Å². The lowest BCUT2D eigenvalue weighted by Gasteiger charge is -2.31. The number of piperazine rings is 1. The van der Waals surface area contributed by atoms with Crippen LogP contribution in [0.25, 0.3) is 17.0 Å². The largest absolute Gasteiger partial charge is 0.872 e. The quantitative estimate of drug-likeness (QED) is 0.637. The van der Waals surface area contributed by atoms with Crippen LogP contribution in [0.2, 0.25) is 0 Å². The van der Waals surface area contributed by atoms with Crippen LogP contribution >= 0.6 is 0 Å². The fourth-order valence-corrected chi connectivity index (χ4v) is 4.12. The minimum absolute atomic E-state index is 0.0604. The molecule has 156 valence electrons. The second kappa shape index (κ2) is 9.28. The molecular weight excluding hydrogens is 376 g/mol. The van der Waals surface area contributed by atoms with Crippen LogP contribution in [-0.2, 0) is 13.0 Å². The number of hydrogen-bond donors (Lipinski definition) is 1. The van der Waals surface area contributed by atoms with E-state index in [1.807, 2.05) is 19.1 Å². The average molecular weight is 405 g/mol. The van der Waals surface area contributed by atoms with Gasteiger partial charge in [0, 0.05) is 36.7 Å². The van der Waals surface area contributed by atoms with Crippen molar-refractivity contribution in [3.63, 3.8) is 0 Å². The summed E-state index contributed by atoms with van der Waals surface area (Å²) in [6.45, 7) is 7.81. The van der Waals surface area contributed by atoms with Gasteiger partial charge in [0.05, 0.1) is 13.1 Å². The van der Waals surface area contributed by atoms with Gasteiger partial charge in [0.25, 0.3) is 0 Å². The summed E-state index contributed by atoms with van der Waals surface area (Å²) >= 11 is 0. The van der Waals surface area contributed by atoms with E-state index in [1.54, 1.807) is 6.07 Å². The normalized spacial score (nSPS) is 15.9. The topological polar surface area (TPSA) is 61.0 Å². The second-order valence-electron chi connectivity index (χ2n) is 7.94. The molecule has 2 heterocycles. The molecule has 0 radical (unpaired) electrons. The van der Waals surface area contributed by atoms with Crippen molar-refractivity contribution in [3.8, 4) is 5.75 Å². The van der Waals surface area contributed by atoms with Gasteiger partial charge in [0.1, 0.15) is 12.1 Å². The summed E-state index contributed by atoms with van der Waals surface area (Å²) in [5, 5.41) is 13.0. The molecule has 1 saturated heterocycles. The van der Waals surface area contributed by atoms with Gasteiger partial charge < -0.3 is 14.4 Å². The summed E-state index contributed by atoms with van der Waals surface area (Å²) in [6, 6.07) is 15.3. The monoisotopic (exact) mass is 404 g/mol. The molecule has 0 saturated carbocycles. The van der Waals surface area contributed by atoms with Gasteiger partial charge in [-0.15, -0.1) is 5.75 Å². The van der Waals surface area contributed by atoms with Crippen LogP contribution in [0.4, 0.5) is 0 Å². The Bertz CT molecular complexity index is 1080. The van der Waals surface area contributed by atoms with E-state index in [-0.39, 0.29) is 11.4 Å². The van der Waals surface area contributed by atoms with Crippen molar-refractivity contribution in [2.45, 2.75) is 19.9 Å². The SMILES string of the molecule is CCc1cc2c(C[NH+]3CCN(CC=Cc4ccccc4)CC3)cc(=O)oc2cc1[O-]. The summed E-state index contributed by atoms with van der Waals surface area (Å²) in [6.07, 6.45) is 5.07. The summed E-state index contributed by atoms with van der Waals surface area (Å²) in [5.41, 5.74) is 2.99. The predicted octanol–water partition coefficient (Wildman–Crippen LogP) is 1.84. The first-order valence-corrected chi connectivity index (χ1v) is 10.7. The third-order valence-electron chi connectivity index (χ3n) is 5.87. The van der Waals surface area contributed by atoms with Crippen molar-refractivity contribution in [3.05, 3.63) is 81.7 Å². The van der Waals surface area contributed by atoms with Crippen molar-refractivity contribution in [2.24, 2.45) is 0 Å². The number of fused-ring (bicyclic) bond motifs is 1. The van der Waals surface area contributed by atoms with Crippen molar-refractivity contribution in [1.29, 1.82) is 0 Å². The molecule has 1 N–H and O–H groups in total. The van der Waals surface area contributed by atoms with Crippen LogP contribution in [0.3, 0.4) is 0 Å². The average Bonchev–Trinajstić information content (AvgIpc) is 2.75. The number of nitrogens with zero attached hydrogens (tertiary/aromatic N) is 1. The van der Waals surface area contributed by atoms with Gasteiger partial charge in [-0.1, -0.05) is 55.0 Å². The first-order valence-electron chi connectivity index (χ1n) is 10.7. The number of benzene rings is 2. The van der Waals surface area contributed by atoms with E-state index in [1.165, 1.54) is 16.5 Å². The van der Waals surface area contributed by atoms with Crippen LogP contribution in [0.15, 0.2) is 63.8 Å². The Labute approximate surface area is 176 Å². The fourth-order valence-electron chi connectivity index (χ4n) is 4.12. The second-order valence-corrected chi connectivity index (χ2v) is 7.94. The van der Waals surface area contributed by atoms with Gasteiger partial charge in [-0.2, -0.15) is 0 Å². The molecule has 0 atom stereocenters. The summed E-state index contributed by atoms with van der Waals surface area (Å²) < 4.78 is 5.29. The van der Waals surface area contributed by atoms with Gasteiger partial charge >= 0.3 is 5.63 Å². The fraction of sp³-hybridized carbons (Fsp3) is 0.320. The number of rotatable bonds is 6. The number of hydrogen-bond acceptors (Lipinski definition) is 4. The highest BCUT2D eigenvalue weighted by Gasteiger charge is 2.20. The Hall–Kier alpha value is -2.89. The highest BCUT2D eigenvalue weighted by atomic mass is 16.4. The van der Waals surface area contributed by atoms with E-state index >= 15 is 0 Å². The highest BCUT2D eigenvalue weighted by Crippen LogP contribution is 2.25. The Morgan fingerprint density at radius 1 is 1.10 bits per heavy atom. The molecule has 5 heteroatoms. The molecule has 1 aliphatic heterocycles.